The van der Waals surface area contributed by atoms with Crippen LogP contribution in [0.5, 0.6) is 11.5 Å². The van der Waals surface area contributed by atoms with Crippen molar-refractivity contribution in [2.75, 3.05) is 7.11 Å². The van der Waals surface area contributed by atoms with Gasteiger partial charge in [-0.25, -0.2) is 0 Å². The average Bonchev–Trinajstić information content (AvgIpc) is 3.19. The van der Waals surface area contributed by atoms with Gasteiger partial charge in [0, 0.05) is 11.5 Å². The van der Waals surface area contributed by atoms with Crippen LogP contribution in [-0.4, -0.2) is 12.9 Å². The van der Waals surface area contributed by atoms with Crippen LogP contribution >= 0.6 is 0 Å². The molecule has 4 aromatic rings. The van der Waals surface area contributed by atoms with Gasteiger partial charge in [-0.05, 0) is 42.0 Å². The molecular weight excluding hydrogens is 364 g/mol. The normalized spacial score (nSPS) is 11.1. The van der Waals surface area contributed by atoms with Gasteiger partial charge in [-0.3, -0.25) is 4.79 Å². The number of fused-ring (bicyclic) bond motifs is 1. The van der Waals surface area contributed by atoms with E-state index in [1.54, 1.807) is 31.4 Å². The summed E-state index contributed by atoms with van der Waals surface area (Å²) < 4.78 is 16.9. The van der Waals surface area contributed by atoms with Gasteiger partial charge in [0.25, 0.3) is 0 Å². The second-order valence-electron chi connectivity index (χ2n) is 6.52. The van der Waals surface area contributed by atoms with E-state index in [9.17, 15) is 4.79 Å². The third kappa shape index (κ3) is 4.38. The quantitative estimate of drug-likeness (QED) is 0.293. The second-order valence-corrected chi connectivity index (χ2v) is 6.52. The Bertz CT molecular complexity index is 1120. The number of ether oxygens (including phenoxy) is 2. The van der Waals surface area contributed by atoms with Crippen LogP contribution < -0.4 is 9.47 Å². The van der Waals surface area contributed by atoms with Crippen molar-refractivity contribution in [1.29, 1.82) is 0 Å². The number of para-hydroxylation sites is 1. The van der Waals surface area contributed by atoms with Crippen molar-refractivity contribution in [3.8, 4) is 11.5 Å². The van der Waals surface area contributed by atoms with Gasteiger partial charge in [0.2, 0.25) is 0 Å². The fourth-order valence-corrected chi connectivity index (χ4v) is 3.02. The Balaban J connectivity index is 1.56. The van der Waals surface area contributed by atoms with Gasteiger partial charge in [0.05, 0.1) is 12.7 Å². The van der Waals surface area contributed by atoms with Crippen LogP contribution in [0.4, 0.5) is 0 Å². The fraction of sp³-hybridized carbons (Fsp3) is 0.0800. The molecule has 0 saturated carbocycles. The number of allylic oxidation sites excluding steroid dienone is 1. The molecule has 1 aromatic heterocycles. The SMILES string of the molecule is COc1ccc(C(=O)/C=C/c2cc3ccccc3o2)c(OCc2ccccc2)c1. The lowest BCUT2D eigenvalue weighted by atomic mass is 10.1. The number of methoxy groups -OCH3 is 1. The maximum absolute atomic E-state index is 12.8. The fourth-order valence-electron chi connectivity index (χ4n) is 3.02. The molecule has 144 valence electrons. The maximum Gasteiger partial charge on any atom is 0.189 e. The van der Waals surface area contributed by atoms with E-state index < -0.39 is 0 Å². The molecule has 29 heavy (non-hydrogen) atoms. The van der Waals surface area contributed by atoms with Gasteiger partial charge >= 0.3 is 0 Å². The molecule has 4 nitrogen and oxygen atoms in total. The summed E-state index contributed by atoms with van der Waals surface area (Å²) in [7, 11) is 1.58. The van der Waals surface area contributed by atoms with E-state index in [0.29, 0.717) is 29.4 Å². The lowest BCUT2D eigenvalue weighted by Crippen LogP contribution is -2.03. The second kappa shape index (κ2) is 8.48. The summed E-state index contributed by atoms with van der Waals surface area (Å²) in [5, 5.41) is 0.996. The first kappa shape index (κ1) is 18.6. The van der Waals surface area contributed by atoms with Crippen molar-refractivity contribution in [2.24, 2.45) is 0 Å². The molecule has 0 radical (unpaired) electrons. The molecule has 0 bridgehead atoms. The molecule has 0 atom stereocenters. The average molecular weight is 384 g/mol. The lowest BCUT2D eigenvalue weighted by molar-refractivity contribution is 0.104. The Hall–Kier alpha value is -3.79. The number of rotatable bonds is 7. The van der Waals surface area contributed by atoms with E-state index >= 15 is 0 Å². The Kier molecular flexibility index (Phi) is 5.43. The molecule has 0 aliphatic heterocycles. The van der Waals surface area contributed by atoms with Crippen LogP contribution in [0.3, 0.4) is 0 Å². The van der Waals surface area contributed by atoms with Crippen LogP contribution in [0.1, 0.15) is 21.7 Å². The smallest absolute Gasteiger partial charge is 0.189 e. The summed E-state index contributed by atoms with van der Waals surface area (Å²) in [6.07, 6.45) is 3.17. The first-order valence-electron chi connectivity index (χ1n) is 9.29. The Morgan fingerprint density at radius 3 is 2.55 bits per heavy atom. The van der Waals surface area contributed by atoms with Gasteiger partial charge in [-0.2, -0.15) is 0 Å². The lowest BCUT2D eigenvalue weighted by Gasteiger charge is -2.11. The molecule has 0 aliphatic rings. The van der Waals surface area contributed by atoms with Crippen LogP contribution in [0, 0.1) is 0 Å². The summed E-state index contributed by atoms with van der Waals surface area (Å²) in [4.78, 5) is 12.8. The summed E-state index contributed by atoms with van der Waals surface area (Å²) in [5.74, 6) is 1.56. The van der Waals surface area contributed by atoms with Crippen LogP contribution in [0.25, 0.3) is 17.0 Å². The molecule has 0 saturated heterocycles. The molecule has 0 unspecified atom stereocenters. The molecule has 0 amide bonds. The van der Waals surface area contributed by atoms with Gasteiger partial charge in [-0.15, -0.1) is 0 Å². The van der Waals surface area contributed by atoms with Gasteiger partial charge < -0.3 is 13.9 Å². The molecule has 0 fully saturated rings. The zero-order chi connectivity index (χ0) is 20.1. The number of ketones is 1. The van der Waals surface area contributed by atoms with Crippen LogP contribution in [-0.2, 0) is 6.61 Å². The molecule has 0 spiro atoms. The number of carbonyl (C=O) groups is 1. The zero-order valence-electron chi connectivity index (χ0n) is 16.0. The first-order chi connectivity index (χ1) is 14.2. The highest BCUT2D eigenvalue weighted by Gasteiger charge is 2.12. The standard InChI is InChI=1S/C25H20O4/c1-27-20-11-13-22(25(16-20)28-17-18-7-3-2-4-8-18)23(26)14-12-21-15-19-9-5-6-10-24(19)29-21/h2-16H,17H2,1H3/b14-12+. The Morgan fingerprint density at radius 1 is 0.966 bits per heavy atom. The van der Waals surface area contributed by atoms with Crippen molar-refractivity contribution in [3.05, 3.63) is 102 Å². The minimum Gasteiger partial charge on any atom is -0.497 e. The van der Waals surface area contributed by atoms with E-state index in [0.717, 1.165) is 16.5 Å². The van der Waals surface area contributed by atoms with Crippen molar-refractivity contribution in [3.63, 3.8) is 0 Å². The van der Waals surface area contributed by atoms with Gasteiger partial charge in [-0.1, -0.05) is 48.5 Å². The molecule has 3 aromatic carbocycles. The summed E-state index contributed by atoms with van der Waals surface area (Å²) in [6, 6.07) is 24.6. The van der Waals surface area contributed by atoms with E-state index in [-0.39, 0.29) is 5.78 Å². The summed E-state index contributed by atoms with van der Waals surface area (Å²) in [6.45, 7) is 0.363. The molecular formula is C25H20O4. The van der Waals surface area contributed by atoms with E-state index in [1.807, 2.05) is 60.7 Å². The van der Waals surface area contributed by atoms with Crippen molar-refractivity contribution in [2.45, 2.75) is 6.61 Å². The Labute approximate surface area is 169 Å². The van der Waals surface area contributed by atoms with E-state index in [2.05, 4.69) is 0 Å². The third-order valence-corrected chi connectivity index (χ3v) is 4.53. The predicted molar refractivity (Wildman–Crippen MR) is 113 cm³/mol. The summed E-state index contributed by atoms with van der Waals surface area (Å²) >= 11 is 0. The minimum absolute atomic E-state index is 0.170. The molecule has 4 rings (SSSR count). The minimum atomic E-state index is -0.170. The predicted octanol–water partition coefficient (Wildman–Crippen LogP) is 5.92. The van der Waals surface area contributed by atoms with E-state index in [1.165, 1.54) is 6.08 Å². The van der Waals surface area contributed by atoms with Crippen molar-refractivity contribution >= 4 is 22.8 Å². The Morgan fingerprint density at radius 2 is 1.76 bits per heavy atom. The topological polar surface area (TPSA) is 48.7 Å². The third-order valence-electron chi connectivity index (χ3n) is 4.53. The van der Waals surface area contributed by atoms with Crippen LogP contribution in [0.2, 0.25) is 0 Å². The van der Waals surface area contributed by atoms with E-state index in [4.69, 9.17) is 13.9 Å². The molecule has 1 heterocycles. The molecule has 0 aliphatic carbocycles. The number of carbonyl (C=O) groups excluding carboxylic acids is 1. The molecule has 0 N–H and O–H groups in total. The van der Waals surface area contributed by atoms with Crippen molar-refractivity contribution < 1.29 is 18.7 Å². The molecule has 4 heteroatoms. The zero-order valence-corrected chi connectivity index (χ0v) is 16.0. The number of hydrogen-bond donors (Lipinski definition) is 0. The summed E-state index contributed by atoms with van der Waals surface area (Å²) in [5.41, 5.74) is 2.27. The number of furan rings is 1. The largest absolute Gasteiger partial charge is 0.497 e. The highest BCUT2D eigenvalue weighted by molar-refractivity contribution is 6.08. The highest BCUT2D eigenvalue weighted by atomic mass is 16.5. The van der Waals surface area contributed by atoms with Gasteiger partial charge in [0.1, 0.15) is 29.4 Å². The monoisotopic (exact) mass is 384 g/mol. The van der Waals surface area contributed by atoms with Crippen molar-refractivity contribution in [1.82, 2.24) is 0 Å². The van der Waals surface area contributed by atoms with Gasteiger partial charge in [0.15, 0.2) is 5.78 Å². The number of hydrogen-bond acceptors (Lipinski definition) is 4. The maximum atomic E-state index is 12.8. The number of benzene rings is 3. The highest BCUT2D eigenvalue weighted by Crippen LogP contribution is 2.27. The first-order valence-corrected chi connectivity index (χ1v) is 9.29. The van der Waals surface area contributed by atoms with Crippen LogP contribution in [0.15, 0.2) is 89.4 Å².